The van der Waals surface area contributed by atoms with Crippen LogP contribution in [0.1, 0.15) is 0 Å². The van der Waals surface area contributed by atoms with Gasteiger partial charge in [0.25, 0.3) is 0 Å². The molecule has 0 aliphatic heterocycles. The Labute approximate surface area is 62.9 Å². The van der Waals surface area contributed by atoms with Crippen LogP contribution < -0.4 is 0 Å². The third-order valence-corrected chi connectivity index (χ3v) is 0.167. The Balaban J connectivity index is 0. The zero-order chi connectivity index (χ0) is 6.12. The van der Waals surface area contributed by atoms with Crippen LogP contribution in [-0.2, 0) is 20.8 Å². The average molecular weight is 216 g/mol. The third-order valence-electron chi connectivity index (χ3n) is 0.167. The molecule has 0 unspecified atom stereocenters. The summed E-state index contributed by atoms with van der Waals surface area (Å²) in [6.45, 7) is 6.72. The summed E-state index contributed by atoms with van der Waals surface area (Å²) in [7, 11) is 9.87. The number of allylic oxidation sites excluding steroid dienone is 2. The van der Waals surface area contributed by atoms with Crippen LogP contribution in [0, 0.1) is 0 Å². The molecule has 0 fully saturated rings. The number of hydrogen-bond donors (Lipinski definition) is 0. The molecule has 0 heterocycles. The molecule has 0 N–H and O–H groups in total. The SMILES string of the molecule is C=CC=C.[Cl][Zr][Cl]. The molecule has 0 saturated carbocycles. The first-order chi connectivity index (χ1) is 3.33. The third kappa shape index (κ3) is 44.9. The normalized spacial score (nSPS) is 4.86. The molecule has 0 aromatic heterocycles. The number of hydrogen-bond acceptors (Lipinski definition) is 0. The second kappa shape index (κ2) is 15.8. The van der Waals surface area contributed by atoms with E-state index in [9.17, 15) is 0 Å². The molecule has 0 bridgehead atoms. The Kier molecular flexibility index (Phi) is 24.4. The van der Waals surface area contributed by atoms with Crippen LogP contribution in [0.2, 0.25) is 0 Å². The topological polar surface area (TPSA) is 0 Å². The van der Waals surface area contributed by atoms with Crippen LogP contribution in [0.25, 0.3) is 0 Å². The molecule has 0 atom stereocenters. The molecule has 3 heteroatoms. The molecule has 7 heavy (non-hydrogen) atoms. The maximum atomic E-state index is 4.93. The molecule has 0 aromatic carbocycles. The molecule has 0 aliphatic rings. The minimum absolute atomic E-state index is 0.826. The maximum absolute atomic E-state index is 4.93. The number of rotatable bonds is 1. The van der Waals surface area contributed by atoms with Crippen molar-refractivity contribution in [3.05, 3.63) is 25.3 Å². The molecule has 40 valence electrons. The molecular formula is C4H6Cl2Zr. The predicted molar refractivity (Wildman–Crippen MR) is 32.1 cm³/mol. The molecule has 0 spiro atoms. The molecule has 0 saturated heterocycles. The van der Waals surface area contributed by atoms with Crippen LogP contribution in [0.5, 0.6) is 0 Å². The van der Waals surface area contributed by atoms with E-state index < -0.39 is 20.8 Å². The molecule has 0 radical (unpaired) electrons. The van der Waals surface area contributed by atoms with Crippen molar-refractivity contribution in [2.45, 2.75) is 0 Å². The first kappa shape index (κ1) is 10.8. The summed E-state index contributed by atoms with van der Waals surface area (Å²) in [6, 6.07) is 0. The average Bonchev–Trinajstić information content (AvgIpc) is 1.69. The quantitative estimate of drug-likeness (QED) is 0.591. The molecule has 0 aliphatic carbocycles. The van der Waals surface area contributed by atoms with Gasteiger partial charge in [0.1, 0.15) is 0 Å². The van der Waals surface area contributed by atoms with Gasteiger partial charge in [-0.2, -0.15) is 0 Å². The van der Waals surface area contributed by atoms with Crippen molar-refractivity contribution in [1.82, 2.24) is 0 Å². The van der Waals surface area contributed by atoms with Gasteiger partial charge in [-0.25, -0.2) is 0 Å². The van der Waals surface area contributed by atoms with Crippen LogP contribution in [0.3, 0.4) is 0 Å². The van der Waals surface area contributed by atoms with Crippen LogP contribution >= 0.6 is 17.0 Å². The van der Waals surface area contributed by atoms with E-state index in [-0.39, 0.29) is 0 Å². The summed E-state index contributed by atoms with van der Waals surface area (Å²) < 4.78 is 0. The van der Waals surface area contributed by atoms with E-state index in [0.717, 1.165) is 0 Å². The van der Waals surface area contributed by atoms with Gasteiger partial charge in [0.15, 0.2) is 0 Å². The van der Waals surface area contributed by atoms with E-state index in [4.69, 9.17) is 17.0 Å². The Morgan fingerprint density at radius 1 is 1.14 bits per heavy atom. The second-order valence-corrected chi connectivity index (χ2v) is 4.27. The van der Waals surface area contributed by atoms with E-state index in [2.05, 4.69) is 13.2 Å². The monoisotopic (exact) mass is 214 g/mol. The first-order valence-corrected chi connectivity index (χ1v) is 7.86. The predicted octanol–water partition coefficient (Wildman–Crippen LogP) is 2.73. The van der Waals surface area contributed by atoms with E-state index in [0.29, 0.717) is 0 Å². The first-order valence-electron chi connectivity index (χ1n) is 1.53. The van der Waals surface area contributed by atoms with Crippen molar-refractivity contribution in [3.8, 4) is 0 Å². The van der Waals surface area contributed by atoms with Gasteiger partial charge in [-0.3, -0.25) is 0 Å². The Morgan fingerprint density at radius 2 is 1.29 bits per heavy atom. The van der Waals surface area contributed by atoms with Gasteiger partial charge in [0.2, 0.25) is 0 Å². The number of halogens is 2. The van der Waals surface area contributed by atoms with Gasteiger partial charge in [-0.15, -0.1) is 0 Å². The van der Waals surface area contributed by atoms with Crippen LogP contribution in [-0.4, -0.2) is 0 Å². The Morgan fingerprint density at radius 3 is 1.29 bits per heavy atom. The van der Waals surface area contributed by atoms with E-state index in [1.54, 1.807) is 12.2 Å². The zero-order valence-electron chi connectivity index (χ0n) is 3.82. The second-order valence-electron chi connectivity index (χ2n) is 0.543. The molecule has 0 aromatic rings. The molecule has 0 nitrogen and oxygen atoms in total. The summed E-state index contributed by atoms with van der Waals surface area (Å²) in [5, 5.41) is 0. The van der Waals surface area contributed by atoms with Gasteiger partial charge in [-0.1, -0.05) is 25.3 Å². The van der Waals surface area contributed by atoms with Crippen molar-refractivity contribution >= 4 is 17.0 Å². The summed E-state index contributed by atoms with van der Waals surface area (Å²) in [5.41, 5.74) is 0. The van der Waals surface area contributed by atoms with Crippen molar-refractivity contribution in [3.63, 3.8) is 0 Å². The molecule has 0 rings (SSSR count). The van der Waals surface area contributed by atoms with E-state index in [1.165, 1.54) is 0 Å². The van der Waals surface area contributed by atoms with Gasteiger partial charge < -0.3 is 0 Å². The summed E-state index contributed by atoms with van der Waals surface area (Å²) >= 11 is -0.826. The summed E-state index contributed by atoms with van der Waals surface area (Å²) in [5.74, 6) is 0. The van der Waals surface area contributed by atoms with E-state index in [1.807, 2.05) is 0 Å². The van der Waals surface area contributed by atoms with Crippen molar-refractivity contribution in [1.29, 1.82) is 0 Å². The van der Waals surface area contributed by atoms with Gasteiger partial charge >= 0.3 is 37.9 Å². The fraction of sp³-hybridized carbons (Fsp3) is 0. The van der Waals surface area contributed by atoms with Gasteiger partial charge in [0.05, 0.1) is 0 Å². The fourth-order valence-electron chi connectivity index (χ4n) is 0. The molecule has 0 amide bonds. The van der Waals surface area contributed by atoms with Crippen molar-refractivity contribution in [2.24, 2.45) is 0 Å². The standard InChI is InChI=1S/C4H6.2ClH.Zr/c1-3-4-2;;;/h3-4H,1-2H2;2*1H;/q;;;+2/p-2. The van der Waals surface area contributed by atoms with Crippen LogP contribution in [0.4, 0.5) is 0 Å². The Hall–Kier alpha value is 0.943. The van der Waals surface area contributed by atoms with Gasteiger partial charge in [-0.05, 0) is 0 Å². The molecular weight excluding hydrogens is 210 g/mol. The zero-order valence-corrected chi connectivity index (χ0v) is 7.79. The Bertz CT molecular complexity index is 39.0. The van der Waals surface area contributed by atoms with Crippen molar-refractivity contribution < 1.29 is 20.8 Å². The summed E-state index contributed by atoms with van der Waals surface area (Å²) in [6.07, 6.45) is 3.28. The van der Waals surface area contributed by atoms with Crippen molar-refractivity contribution in [2.75, 3.05) is 0 Å². The summed E-state index contributed by atoms with van der Waals surface area (Å²) in [4.78, 5) is 0. The van der Waals surface area contributed by atoms with Gasteiger partial charge in [0, 0.05) is 0 Å². The van der Waals surface area contributed by atoms with E-state index >= 15 is 0 Å². The minimum atomic E-state index is -0.826. The van der Waals surface area contributed by atoms with Crippen LogP contribution in [0.15, 0.2) is 25.3 Å². The fourth-order valence-corrected chi connectivity index (χ4v) is 0.